The molecule has 3 heterocycles. The molecule has 1 N–H and O–H groups in total. The summed E-state index contributed by atoms with van der Waals surface area (Å²) in [5.41, 5.74) is 1.91. The molecular weight excluding hydrogens is 576 g/mol. The van der Waals surface area contributed by atoms with Crippen LogP contribution in [0.3, 0.4) is 0 Å². The van der Waals surface area contributed by atoms with Crippen molar-refractivity contribution < 1.29 is 27.5 Å². The number of piperidine rings is 1. The maximum absolute atomic E-state index is 13.7. The molecule has 1 aromatic heterocycles. The van der Waals surface area contributed by atoms with Crippen LogP contribution in [-0.2, 0) is 32.5 Å². The van der Waals surface area contributed by atoms with Crippen molar-refractivity contribution in [3.8, 4) is 0 Å². The van der Waals surface area contributed by atoms with Crippen LogP contribution in [0.1, 0.15) is 77.6 Å². The van der Waals surface area contributed by atoms with Gasteiger partial charge in [0.2, 0.25) is 10.0 Å². The highest BCUT2D eigenvalue weighted by Gasteiger charge is 2.33. The molecule has 10 nitrogen and oxygen atoms in total. The van der Waals surface area contributed by atoms with Crippen molar-refractivity contribution in [2.75, 3.05) is 51.7 Å². The van der Waals surface area contributed by atoms with Crippen LogP contribution >= 0.6 is 11.3 Å². The Kier molecular flexibility index (Phi) is 10.8. The normalized spacial score (nSPS) is 16.6. The molecule has 2 aliphatic rings. The Balaban J connectivity index is 1.51. The molecule has 230 valence electrons. The highest BCUT2D eigenvalue weighted by Crippen LogP contribution is 2.38. The van der Waals surface area contributed by atoms with E-state index >= 15 is 0 Å². The van der Waals surface area contributed by atoms with Crippen LogP contribution in [0.2, 0.25) is 0 Å². The zero-order valence-corrected chi connectivity index (χ0v) is 26.6. The van der Waals surface area contributed by atoms with Gasteiger partial charge in [0.05, 0.1) is 23.0 Å². The fourth-order valence-corrected chi connectivity index (χ4v) is 8.34. The smallest absolute Gasteiger partial charge is 0.309 e. The third-order valence-corrected chi connectivity index (χ3v) is 10.8. The van der Waals surface area contributed by atoms with E-state index in [9.17, 15) is 22.8 Å². The number of sulfonamides is 1. The van der Waals surface area contributed by atoms with E-state index in [1.807, 2.05) is 25.8 Å². The van der Waals surface area contributed by atoms with Gasteiger partial charge in [-0.2, -0.15) is 4.31 Å². The molecule has 0 atom stereocenters. The Labute approximate surface area is 253 Å². The average molecular weight is 619 g/mol. The number of likely N-dealkylation sites (N-methyl/N-ethyl adjacent to an activating group) is 1. The van der Waals surface area contributed by atoms with Gasteiger partial charge >= 0.3 is 5.97 Å². The molecule has 0 unspecified atom stereocenters. The van der Waals surface area contributed by atoms with Gasteiger partial charge in [-0.15, -0.1) is 11.3 Å². The minimum Gasteiger partial charge on any atom is -0.466 e. The van der Waals surface area contributed by atoms with Gasteiger partial charge < -0.3 is 19.9 Å². The van der Waals surface area contributed by atoms with Gasteiger partial charge in [0.1, 0.15) is 5.00 Å². The van der Waals surface area contributed by atoms with E-state index in [0.717, 1.165) is 42.8 Å². The molecule has 0 saturated carbocycles. The maximum Gasteiger partial charge on any atom is 0.309 e. The predicted molar refractivity (Wildman–Crippen MR) is 163 cm³/mol. The molecule has 0 aliphatic carbocycles. The zero-order valence-electron chi connectivity index (χ0n) is 25.0. The van der Waals surface area contributed by atoms with Crippen LogP contribution < -0.4 is 5.32 Å². The van der Waals surface area contributed by atoms with Crippen molar-refractivity contribution in [2.45, 2.75) is 64.3 Å². The number of nitrogens with one attached hydrogen (secondary N) is 1. The molecule has 42 heavy (non-hydrogen) atoms. The number of anilines is 1. The summed E-state index contributed by atoms with van der Waals surface area (Å²) in [5, 5.41) is 3.52. The topological polar surface area (TPSA) is 116 Å². The second kappa shape index (κ2) is 14.1. The summed E-state index contributed by atoms with van der Waals surface area (Å²) >= 11 is 1.45. The summed E-state index contributed by atoms with van der Waals surface area (Å²) in [5.74, 6) is -1.02. The van der Waals surface area contributed by atoms with Gasteiger partial charge in [-0.05, 0) is 75.9 Å². The minimum absolute atomic E-state index is 0.0516. The maximum atomic E-state index is 13.7. The van der Waals surface area contributed by atoms with Crippen molar-refractivity contribution in [1.82, 2.24) is 14.1 Å². The highest BCUT2D eigenvalue weighted by molar-refractivity contribution is 7.89. The van der Waals surface area contributed by atoms with Crippen LogP contribution in [0.15, 0.2) is 29.2 Å². The average Bonchev–Trinajstić information content (AvgIpc) is 3.33. The molecule has 4 rings (SSSR count). The Morgan fingerprint density at radius 1 is 1.02 bits per heavy atom. The van der Waals surface area contributed by atoms with Crippen molar-refractivity contribution >= 4 is 44.1 Å². The van der Waals surface area contributed by atoms with Crippen LogP contribution in [0, 0.1) is 5.92 Å². The molecule has 1 fully saturated rings. The van der Waals surface area contributed by atoms with Gasteiger partial charge in [0, 0.05) is 49.7 Å². The second-order valence-corrected chi connectivity index (χ2v) is 13.9. The lowest BCUT2D eigenvalue weighted by molar-refractivity contribution is -0.149. The summed E-state index contributed by atoms with van der Waals surface area (Å²) in [6.07, 6.45) is 3.26. The van der Waals surface area contributed by atoms with E-state index in [1.54, 1.807) is 6.92 Å². The molecule has 2 aliphatic heterocycles. The number of benzene rings is 1. The molecule has 0 spiro atoms. The number of hydrogen-bond acceptors (Lipinski definition) is 8. The van der Waals surface area contributed by atoms with Crippen LogP contribution in [0.4, 0.5) is 5.00 Å². The van der Waals surface area contributed by atoms with Gasteiger partial charge in [0.25, 0.3) is 11.8 Å². The number of hydrogen-bond donors (Lipinski definition) is 1. The Morgan fingerprint density at radius 2 is 1.67 bits per heavy atom. The number of carbonyl (C=O) groups is 3. The monoisotopic (exact) mass is 618 g/mol. The summed E-state index contributed by atoms with van der Waals surface area (Å²) in [4.78, 5) is 44.4. The summed E-state index contributed by atoms with van der Waals surface area (Å²) in [7, 11) is -1.73. The van der Waals surface area contributed by atoms with E-state index in [2.05, 4.69) is 10.2 Å². The number of fused-ring (bicyclic) bond motifs is 1. The molecule has 1 saturated heterocycles. The summed E-state index contributed by atoms with van der Waals surface area (Å²) in [6.45, 7) is 9.49. The van der Waals surface area contributed by atoms with Gasteiger partial charge in [-0.3, -0.25) is 14.4 Å². The first-order valence-electron chi connectivity index (χ1n) is 14.8. The number of nitrogens with zero attached hydrogens (tertiary/aromatic N) is 3. The van der Waals surface area contributed by atoms with E-state index < -0.39 is 15.9 Å². The summed E-state index contributed by atoms with van der Waals surface area (Å²) in [6, 6.07) is 5.87. The zero-order chi connectivity index (χ0) is 30.4. The summed E-state index contributed by atoms with van der Waals surface area (Å²) < 4.78 is 33.0. The van der Waals surface area contributed by atoms with Crippen molar-refractivity contribution in [3.05, 3.63) is 45.8 Å². The highest BCUT2D eigenvalue weighted by atomic mass is 32.2. The van der Waals surface area contributed by atoms with Crippen molar-refractivity contribution in [1.29, 1.82) is 0 Å². The van der Waals surface area contributed by atoms with E-state index in [-0.39, 0.29) is 35.8 Å². The Morgan fingerprint density at radius 3 is 2.26 bits per heavy atom. The fourth-order valence-electron chi connectivity index (χ4n) is 5.55. The van der Waals surface area contributed by atoms with Gasteiger partial charge in [-0.1, -0.05) is 13.8 Å². The van der Waals surface area contributed by atoms with E-state index in [4.69, 9.17) is 4.74 Å². The van der Waals surface area contributed by atoms with Crippen LogP contribution in [-0.4, -0.2) is 86.7 Å². The first-order valence-corrected chi connectivity index (χ1v) is 17.1. The largest absolute Gasteiger partial charge is 0.466 e. The lowest BCUT2D eigenvalue weighted by atomic mass is 9.98. The molecule has 1 aromatic carbocycles. The Hall–Kier alpha value is -2.80. The lowest BCUT2D eigenvalue weighted by Crippen LogP contribution is -2.40. The SMILES string of the molecule is CCCN(CCC)C(=O)c1c(NC(=O)c2ccc(S(=O)(=O)N3CCC(C(=O)OCC)CC3)cc2)sc2c1CCN(C)C2. The number of esters is 1. The minimum atomic E-state index is -3.77. The van der Waals surface area contributed by atoms with E-state index in [1.165, 1.54) is 39.9 Å². The second-order valence-electron chi connectivity index (χ2n) is 10.9. The third-order valence-electron chi connectivity index (χ3n) is 7.79. The Bertz CT molecular complexity index is 1380. The third kappa shape index (κ3) is 7.04. The standard InChI is InChI=1S/C30H42N4O6S2/c1-5-15-33(16-6-2)29(36)26-24-14-17-32(4)20-25(24)41-28(26)31-27(35)21-8-10-23(11-9-21)42(38,39)34-18-12-22(13-19-34)30(37)40-7-3/h8-11,22H,5-7,12-20H2,1-4H3,(H,31,35). The van der Waals surface area contributed by atoms with Crippen molar-refractivity contribution in [3.63, 3.8) is 0 Å². The van der Waals surface area contributed by atoms with E-state index in [0.29, 0.717) is 48.7 Å². The van der Waals surface area contributed by atoms with Crippen LogP contribution in [0.5, 0.6) is 0 Å². The molecule has 2 amide bonds. The van der Waals surface area contributed by atoms with Crippen LogP contribution in [0.25, 0.3) is 0 Å². The number of thiophene rings is 1. The number of ether oxygens (including phenoxy) is 1. The number of amides is 2. The molecule has 12 heteroatoms. The van der Waals surface area contributed by atoms with Gasteiger partial charge in [0.15, 0.2) is 0 Å². The fraction of sp³-hybridized carbons (Fsp3) is 0.567. The quantitative estimate of drug-likeness (QED) is 0.375. The predicted octanol–water partition coefficient (Wildman–Crippen LogP) is 4.21. The first kappa shape index (κ1) is 32.1. The number of carbonyl (C=O) groups excluding carboxylic acids is 3. The molecule has 2 aromatic rings. The molecule has 0 radical (unpaired) electrons. The lowest BCUT2D eigenvalue weighted by Gasteiger charge is -2.30. The first-order chi connectivity index (χ1) is 20.1. The van der Waals surface area contributed by atoms with Crippen molar-refractivity contribution in [2.24, 2.45) is 5.92 Å². The molecule has 0 bridgehead atoms. The van der Waals surface area contributed by atoms with Gasteiger partial charge in [-0.25, -0.2) is 8.42 Å². The molecular formula is C30H42N4O6S2. The number of rotatable bonds is 11.